The summed E-state index contributed by atoms with van der Waals surface area (Å²) in [5.74, 6) is 3.45. The third kappa shape index (κ3) is 3.68. The SMILES string of the molecule is Clc1ccccc1-c1cc2c(-c3nc(NC4C5CC[C@H]4CNC5)c4c(C5CC5)cncc4n3)ccnc2[nH]1. The van der Waals surface area contributed by atoms with Crippen LogP contribution < -0.4 is 10.6 Å². The van der Waals surface area contributed by atoms with Gasteiger partial charge in [-0.1, -0.05) is 29.8 Å². The molecule has 8 rings (SSSR count). The number of halogens is 1. The van der Waals surface area contributed by atoms with Crippen molar-refractivity contribution in [2.45, 2.75) is 37.6 Å². The van der Waals surface area contributed by atoms with Crippen LogP contribution in [0, 0.1) is 11.8 Å². The van der Waals surface area contributed by atoms with Gasteiger partial charge in [-0.05, 0) is 80.3 Å². The van der Waals surface area contributed by atoms with Gasteiger partial charge in [-0.3, -0.25) is 4.98 Å². The maximum absolute atomic E-state index is 6.51. The molecule has 1 aromatic carbocycles. The Hall–Kier alpha value is -3.55. The van der Waals surface area contributed by atoms with Gasteiger partial charge in [-0.15, -0.1) is 0 Å². The summed E-state index contributed by atoms with van der Waals surface area (Å²) in [5, 5.41) is 10.4. The molecule has 2 aliphatic carbocycles. The predicted molar refractivity (Wildman–Crippen MR) is 151 cm³/mol. The zero-order chi connectivity index (χ0) is 25.2. The summed E-state index contributed by atoms with van der Waals surface area (Å²) in [6.45, 7) is 2.14. The number of nitrogens with zero attached hydrogens (tertiary/aromatic N) is 4. The number of piperidine rings is 1. The maximum atomic E-state index is 6.51. The van der Waals surface area contributed by atoms with E-state index in [1.165, 1.54) is 31.2 Å². The lowest BCUT2D eigenvalue weighted by molar-refractivity contribution is 0.342. The van der Waals surface area contributed by atoms with E-state index in [1.807, 2.05) is 48.9 Å². The van der Waals surface area contributed by atoms with E-state index in [2.05, 4.69) is 31.7 Å². The van der Waals surface area contributed by atoms with Gasteiger partial charge in [0.2, 0.25) is 0 Å². The lowest BCUT2D eigenvalue weighted by Gasteiger charge is -2.32. The standard InChI is InChI=1S/C30H28ClN7/c31-23-4-2-1-3-20(23)24-11-21-19(9-10-34-28(21)35-24)29-36-25-15-33-14-22(16-5-6-16)26(25)30(38-29)37-27-17-7-8-18(27)13-32-12-17/h1-4,9-11,14-18,27,32H,5-8,12-13H2,(H,34,35)(H,36,37,38)/t17-,18?,27?/m0/s1. The van der Waals surface area contributed by atoms with E-state index >= 15 is 0 Å². The van der Waals surface area contributed by atoms with Crippen molar-refractivity contribution in [1.29, 1.82) is 0 Å². The molecule has 1 saturated heterocycles. The molecule has 3 atom stereocenters. The molecule has 0 radical (unpaired) electrons. The van der Waals surface area contributed by atoms with Crippen molar-refractivity contribution in [2.75, 3.05) is 18.4 Å². The van der Waals surface area contributed by atoms with Crippen molar-refractivity contribution in [3.8, 4) is 22.6 Å². The van der Waals surface area contributed by atoms with Crippen LogP contribution in [0.4, 0.5) is 5.82 Å². The molecule has 3 fully saturated rings. The topological polar surface area (TPSA) is 91.4 Å². The largest absolute Gasteiger partial charge is 0.366 e. The van der Waals surface area contributed by atoms with Gasteiger partial charge < -0.3 is 15.6 Å². The Balaban J connectivity index is 1.29. The first kappa shape index (κ1) is 22.4. The second-order valence-electron chi connectivity index (χ2n) is 11.0. The fourth-order valence-electron chi connectivity index (χ4n) is 6.56. The lowest BCUT2D eigenvalue weighted by atomic mass is 9.93. The second-order valence-corrected chi connectivity index (χ2v) is 11.4. The molecule has 0 spiro atoms. The minimum atomic E-state index is 0.430. The number of pyridine rings is 2. The Kier molecular flexibility index (Phi) is 5.17. The number of aromatic amines is 1. The Labute approximate surface area is 225 Å². The molecule has 5 heterocycles. The van der Waals surface area contributed by atoms with Crippen LogP contribution in [-0.4, -0.2) is 44.1 Å². The number of anilines is 1. The van der Waals surface area contributed by atoms with Crippen LogP contribution in [0.25, 0.3) is 44.6 Å². The summed E-state index contributed by atoms with van der Waals surface area (Å²) in [7, 11) is 0. The average molecular weight is 522 g/mol. The molecular weight excluding hydrogens is 494 g/mol. The van der Waals surface area contributed by atoms with E-state index in [1.54, 1.807) is 0 Å². The van der Waals surface area contributed by atoms with E-state index in [0.29, 0.717) is 34.6 Å². The van der Waals surface area contributed by atoms with Crippen molar-refractivity contribution in [2.24, 2.45) is 11.8 Å². The Morgan fingerprint density at radius 3 is 2.58 bits per heavy atom. The van der Waals surface area contributed by atoms with Gasteiger partial charge in [0.25, 0.3) is 0 Å². The van der Waals surface area contributed by atoms with Gasteiger partial charge in [0.1, 0.15) is 11.5 Å². The first-order valence-corrected chi connectivity index (χ1v) is 14.0. The second kappa shape index (κ2) is 8.75. The highest BCUT2D eigenvalue weighted by Gasteiger charge is 2.39. The molecule has 2 bridgehead atoms. The van der Waals surface area contributed by atoms with E-state index < -0.39 is 0 Å². The van der Waals surface area contributed by atoms with Crippen LogP contribution in [0.1, 0.15) is 37.2 Å². The van der Waals surface area contributed by atoms with Crippen molar-refractivity contribution < 1.29 is 0 Å². The number of nitrogens with one attached hydrogen (secondary N) is 3. The van der Waals surface area contributed by atoms with Crippen molar-refractivity contribution in [3.63, 3.8) is 0 Å². The van der Waals surface area contributed by atoms with Gasteiger partial charge in [-0.25, -0.2) is 15.0 Å². The highest BCUT2D eigenvalue weighted by Crippen LogP contribution is 2.45. The van der Waals surface area contributed by atoms with Gasteiger partial charge in [-0.2, -0.15) is 0 Å². The molecule has 8 heteroatoms. The van der Waals surface area contributed by atoms with Gasteiger partial charge >= 0.3 is 0 Å². The highest BCUT2D eigenvalue weighted by atomic mass is 35.5. The number of hydrogen-bond acceptors (Lipinski definition) is 6. The van der Waals surface area contributed by atoms with Crippen molar-refractivity contribution in [3.05, 3.63) is 65.6 Å². The smallest absolute Gasteiger partial charge is 0.163 e. The number of H-pyrrole nitrogens is 1. The molecular formula is C30H28ClN7. The first-order valence-electron chi connectivity index (χ1n) is 13.6. The van der Waals surface area contributed by atoms with Crippen LogP contribution in [-0.2, 0) is 0 Å². The number of fused-ring (bicyclic) bond motifs is 4. The summed E-state index contributed by atoms with van der Waals surface area (Å²) < 4.78 is 0. The Morgan fingerprint density at radius 1 is 0.921 bits per heavy atom. The zero-order valence-electron chi connectivity index (χ0n) is 20.9. The van der Waals surface area contributed by atoms with Gasteiger partial charge in [0.05, 0.1) is 11.7 Å². The summed E-state index contributed by atoms with van der Waals surface area (Å²) in [6.07, 6.45) is 10.7. The fourth-order valence-corrected chi connectivity index (χ4v) is 6.80. The van der Waals surface area contributed by atoms with Crippen LogP contribution in [0.15, 0.2) is 55.0 Å². The van der Waals surface area contributed by atoms with Gasteiger partial charge in [0, 0.05) is 51.1 Å². The monoisotopic (exact) mass is 521 g/mol. The molecule has 7 nitrogen and oxygen atoms in total. The van der Waals surface area contributed by atoms with E-state index in [9.17, 15) is 0 Å². The van der Waals surface area contributed by atoms with Crippen LogP contribution in [0.5, 0.6) is 0 Å². The minimum Gasteiger partial charge on any atom is -0.366 e. The van der Waals surface area contributed by atoms with E-state index in [-0.39, 0.29) is 0 Å². The van der Waals surface area contributed by atoms with E-state index in [4.69, 9.17) is 21.6 Å². The lowest BCUT2D eigenvalue weighted by Crippen LogP contribution is -2.45. The number of hydrogen-bond donors (Lipinski definition) is 3. The van der Waals surface area contributed by atoms with Crippen LogP contribution in [0.2, 0.25) is 5.02 Å². The van der Waals surface area contributed by atoms with Gasteiger partial charge in [0.15, 0.2) is 5.82 Å². The first-order chi connectivity index (χ1) is 18.7. The minimum absolute atomic E-state index is 0.430. The third-order valence-electron chi connectivity index (χ3n) is 8.63. The van der Waals surface area contributed by atoms with E-state index in [0.717, 1.165) is 57.7 Å². The number of rotatable bonds is 5. The van der Waals surface area contributed by atoms with Crippen molar-refractivity contribution >= 4 is 39.4 Å². The van der Waals surface area contributed by atoms with Crippen molar-refractivity contribution in [1.82, 2.24) is 30.2 Å². The average Bonchev–Trinajstić information content (AvgIpc) is 3.66. The molecule has 0 amide bonds. The number of aromatic nitrogens is 5. The summed E-state index contributed by atoms with van der Waals surface area (Å²) in [6, 6.07) is 12.4. The molecule has 3 N–H and O–H groups in total. The Morgan fingerprint density at radius 2 is 1.76 bits per heavy atom. The number of benzene rings is 1. The summed E-state index contributed by atoms with van der Waals surface area (Å²) in [5.41, 5.74) is 5.78. The quantitative estimate of drug-likeness (QED) is 0.256. The molecule has 4 aromatic heterocycles. The molecule has 2 saturated carbocycles. The highest BCUT2D eigenvalue weighted by molar-refractivity contribution is 6.33. The normalized spacial score (nSPS) is 22.8. The maximum Gasteiger partial charge on any atom is 0.163 e. The Bertz CT molecular complexity index is 1680. The molecule has 190 valence electrons. The molecule has 2 unspecified atom stereocenters. The predicted octanol–water partition coefficient (Wildman–Crippen LogP) is 6.18. The van der Waals surface area contributed by atoms with Crippen LogP contribution in [0.3, 0.4) is 0 Å². The molecule has 3 aliphatic rings. The zero-order valence-corrected chi connectivity index (χ0v) is 21.7. The molecule has 5 aromatic rings. The fraction of sp³-hybridized carbons (Fsp3) is 0.333. The summed E-state index contributed by atoms with van der Waals surface area (Å²) in [4.78, 5) is 23.0. The summed E-state index contributed by atoms with van der Waals surface area (Å²) >= 11 is 6.51. The molecule has 38 heavy (non-hydrogen) atoms. The third-order valence-corrected chi connectivity index (χ3v) is 8.96. The van der Waals surface area contributed by atoms with Crippen LogP contribution >= 0.6 is 11.6 Å². The molecule has 1 aliphatic heterocycles.